The molecule has 1 aliphatic rings. The summed E-state index contributed by atoms with van der Waals surface area (Å²) < 4.78 is 0. The Labute approximate surface area is 113 Å². The predicted octanol–water partition coefficient (Wildman–Crippen LogP) is 2.76. The molecule has 100 valence electrons. The van der Waals surface area contributed by atoms with Crippen LogP contribution in [0.1, 0.15) is 47.8 Å². The fourth-order valence-corrected chi connectivity index (χ4v) is 3.38. The summed E-state index contributed by atoms with van der Waals surface area (Å²) in [6.07, 6.45) is 5.45. The molecule has 1 heterocycles. The number of primary amides is 1. The van der Waals surface area contributed by atoms with E-state index in [-0.39, 0.29) is 5.91 Å². The van der Waals surface area contributed by atoms with E-state index >= 15 is 0 Å². The molecule has 0 radical (unpaired) electrons. The quantitative estimate of drug-likeness (QED) is 0.861. The van der Waals surface area contributed by atoms with Crippen molar-refractivity contribution in [1.29, 1.82) is 0 Å². The molecule has 0 atom stereocenters. The zero-order chi connectivity index (χ0) is 13.0. The second-order valence-corrected chi connectivity index (χ2v) is 6.42. The molecule has 3 nitrogen and oxygen atoms in total. The lowest BCUT2D eigenvalue weighted by atomic mass is 9.83. The SMILES string of the molecule is CC1CCC(CNCc2cc(C(N)=O)cs2)CC1. The normalized spacial score (nSPS) is 24.1. The highest BCUT2D eigenvalue weighted by molar-refractivity contribution is 7.10. The zero-order valence-corrected chi connectivity index (χ0v) is 11.8. The largest absolute Gasteiger partial charge is 0.366 e. The van der Waals surface area contributed by atoms with Crippen molar-refractivity contribution in [2.24, 2.45) is 17.6 Å². The maximum atomic E-state index is 11.0. The first-order valence-electron chi connectivity index (χ1n) is 6.73. The number of rotatable bonds is 5. The van der Waals surface area contributed by atoms with E-state index in [0.29, 0.717) is 5.56 Å². The molecule has 0 aromatic carbocycles. The van der Waals surface area contributed by atoms with Gasteiger partial charge in [0.15, 0.2) is 0 Å². The van der Waals surface area contributed by atoms with Crippen LogP contribution in [0.5, 0.6) is 0 Å². The van der Waals surface area contributed by atoms with Crippen molar-refractivity contribution in [2.45, 2.75) is 39.2 Å². The molecular weight excluding hydrogens is 244 g/mol. The lowest BCUT2D eigenvalue weighted by Crippen LogP contribution is -2.25. The standard InChI is InChI=1S/C14H22N2OS/c1-10-2-4-11(5-3-10)7-16-8-13-6-12(9-18-13)14(15)17/h6,9-11,16H,2-5,7-8H2,1H3,(H2,15,17). The predicted molar refractivity (Wildman–Crippen MR) is 75.7 cm³/mol. The van der Waals surface area contributed by atoms with Crippen molar-refractivity contribution >= 4 is 17.2 Å². The summed E-state index contributed by atoms with van der Waals surface area (Å²) in [5, 5.41) is 5.33. The maximum absolute atomic E-state index is 11.0. The second kappa shape index (κ2) is 6.34. The molecule has 1 amide bonds. The molecule has 2 rings (SSSR count). The number of nitrogens with two attached hydrogens (primary N) is 1. The molecule has 0 aliphatic heterocycles. The summed E-state index contributed by atoms with van der Waals surface area (Å²) in [5.74, 6) is 1.41. The minimum atomic E-state index is -0.334. The van der Waals surface area contributed by atoms with E-state index in [9.17, 15) is 4.79 Å². The molecule has 1 fully saturated rings. The Morgan fingerprint density at radius 2 is 2.17 bits per heavy atom. The average Bonchev–Trinajstić information content (AvgIpc) is 2.81. The van der Waals surface area contributed by atoms with Gasteiger partial charge in [-0.2, -0.15) is 0 Å². The number of carbonyl (C=O) groups excluding carboxylic acids is 1. The molecular formula is C14H22N2OS. The number of hydrogen-bond acceptors (Lipinski definition) is 3. The zero-order valence-electron chi connectivity index (χ0n) is 10.9. The van der Waals surface area contributed by atoms with E-state index in [1.54, 1.807) is 11.3 Å². The Morgan fingerprint density at radius 3 is 2.78 bits per heavy atom. The fourth-order valence-electron chi connectivity index (χ4n) is 2.54. The Balaban J connectivity index is 1.70. The van der Waals surface area contributed by atoms with E-state index < -0.39 is 0 Å². The maximum Gasteiger partial charge on any atom is 0.249 e. The third-order valence-electron chi connectivity index (χ3n) is 3.81. The summed E-state index contributed by atoms with van der Waals surface area (Å²) in [4.78, 5) is 12.2. The van der Waals surface area contributed by atoms with Gasteiger partial charge in [0.05, 0.1) is 5.56 Å². The number of carbonyl (C=O) groups is 1. The van der Waals surface area contributed by atoms with Gasteiger partial charge in [0.2, 0.25) is 5.91 Å². The van der Waals surface area contributed by atoms with Gasteiger partial charge in [0, 0.05) is 16.8 Å². The topological polar surface area (TPSA) is 55.1 Å². The van der Waals surface area contributed by atoms with Crippen LogP contribution < -0.4 is 11.1 Å². The second-order valence-electron chi connectivity index (χ2n) is 5.42. The van der Waals surface area contributed by atoms with E-state index in [2.05, 4.69) is 12.2 Å². The summed E-state index contributed by atoms with van der Waals surface area (Å²) in [6, 6.07) is 1.89. The molecule has 1 aromatic heterocycles. The van der Waals surface area contributed by atoms with Crippen molar-refractivity contribution < 1.29 is 4.79 Å². The molecule has 3 N–H and O–H groups in total. The van der Waals surface area contributed by atoms with Gasteiger partial charge >= 0.3 is 0 Å². The van der Waals surface area contributed by atoms with Crippen LogP contribution in [0, 0.1) is 11.8 Å². The smallest absolute Gasteiger partial charge is 0.249 e. The van der Waals surface area contributed by atoms with Gasteiger partial charge in [-0.25, -0.2) is 0 Å². The van der Waals surface area contributed by atoms with Crippen LogP contribution in [0.25, 0.3) is 0 Å². The summed E-state index contributed by atoms with van der Waals surface area (Å²) in [6.45, 7) is 4.29. The third kappa shape index (κ3) is 3.82. The highest BCUT2D eigenvalue weighted by Gasteiger charge is 2.17. The first-order chi connectivity index (χ1) is 8.65. The molecule has 18 heavy (non-hydrogen) atoms. The minimum Gasteiger partial charge on any atom is -0.366 e. The first kappa shape index (κ1) is 13.6. The van der Waals surface area contributed by atoms with Gasteiger partial charge in [-0.1, -0.05) is 19.8 Å². The van der Waals surface area contributed by atoms with Gasteiger partial charge < -0.3 is 11.1 Å². The van der Waals surface area contributed by atoms with Crippen LogP contribution in [-0.2, 0) is 6.54 Å². The van der Waals surface area contributed by atoms with E-state index in [1.165, 1.54) is 30.6 Å². The van der Waals surface area contributed by atoms with Crippen molar-refractivity contribution in [3.8, 4) is 0 Å². The molecule has 0 saturated heterocycles. The van der Waals surface area contributed by atoms with Crippen molar-refractivity contribution in [3.05, 3.63) is 21.9 Å². The first-order valence-corrected chi connectivity index (χ1v) is 7.61. The lowest BCUT2D eigenvalue weighted by Gasteiger charge is -2.26. The van der Waals surface area contributed by atoms with Crippen molar-refractivity contribution in [1.82, 2.24) is 5.32 Å². The molecule has 0 unspecified atom stereocenters. The van der Waals surface area contributed by atoms with Crippen molar-refractivity contribution in [3.63, 3.8) is 0 Å². The Hall–Kier alpha value is -0.870. The van der Waals surface area contributed by atoms with E-state index in [0.717, 1.165) is 24.9 Å². The van der Waals surface area contributed by atoms with Gasteiger partial charge in [-0.15, -0.1) is 11.3 Å². The van der Waals surface area contributed by atoms with Crippen LogP contribution in [0.4, 0.5) is 0 Å². The minimum absolute atomic E-state index is 0.334. The fraction of sp³-hybridized carbons (Fsp3) is 0.643. The van der Waals surface area contributed by atoms with Crippen LogP contribution in [0.3, 0.4) is 0 Å². The molecule has 0 bridgehead atoms. The average molecular weight is 266 g/mol. The van der Waals surface area contributed by atoms with Gasteiger partial charge in [0.25, 0.3) is 0 Å². The summed E-state index contributed by atoms with van der Waals surface area (Å²) >= 11 is 1.60. The molecule has 1 aromatic rings. The molecule has 1 saturated carbocycles. The molecule has 0 spiro atoms. The van der Waals surface area contributed by atoms with Crippen LogP contribution in [0.2, 0.25) is 0 Å². The monoisotopic (exact) mass is 266 g/mol. The highest BCUT2D eigenvalue weighted by atomic mass is 32.1. The van der Waals surface area contributed by atoms with Crippen LogP contribution in [-0.4, -0.2) is 12.5 Å². The van der Waals surface area contributed by atoms with Gasteiger partial charge in [-0.3, -0.25) is 4.79 Å². The van der Waals surface area contributed by atoms with Gasteiger partial charge in [0.1, 0.15) is 0 Å². The van der Waals surface area contributed by atoms with Crippen LogP contribution >= 0.6 is 11.3 Å². The summed E-state index contributed by atoms with van der Waals surface area (Å²) in [5.41, 5.74) is 5.86. The summed E-state index contributed by atoms with van der Waals surface area (Å²) in [7, 11) is 0. The number of amides is 1. The molecule has 4 heteroatoms. The molecule has 1 aliphatic carbocycles. The van der Waals surface area contributed by atoms with E-state index in [4.69, 9.17) is 5.73 Å². The third-order valence-corrected chi connectivity index (χ3v) is 4.74. The highest BCUT2D eigenvalue weighted by Crippen LogP contribution is 2.27. The number of hydrogen-bond donors (Lipinski definition) is 2. The Morgan fingerprint density at radius 1 is 1.44 bits per heavy atom. The number of nitrogens with one attached hydrogen (secondary N) is 1. The lowest BCUT2D eigenvalue weighted by molar-refractivity contribution is 0.100. The van der Waals surface area contributed by atoms with Crippen molar-refractivity contribution in [2.75, 3.05) is 6.54 Å². The number of thiophene rings is 1. The van der Waals surface area contributed by atoms with Gasteiger partial charge in [-0.05, 0) is 37.3 Å². The Kier molecular flexibility index (Phi) is 4.78. The van der Waals surface area contributed by atoms with E-state index in [1.807, 2.05) is 11.4 Å². The van der Waals surface area contributed by atoms with Crippen LogP contribution in [0.15, 0.2) is 11.4 Å². The Bertz CT molecular complexity index is 394.